The second-order valence-corrected chi connectivity index (χ2v) is 5.49. The largest absolute Gasteiger partial charge is 0.231 e. The lowest BCUT2D eigenvalue weighted by atomic mass is 9.71. The molecule has 0 aromatic heterocycles. The molecule has 1 aliphatic carbocycles. The van der Waals surface area contributed by atoms with Crippen LogP contribution in [0.2, 0.25) is 0 Å². The molecule has 0 N–H and O–H groups in total. The normalized spacial score (nSPS) is 32.8. The maximum atomic E-state index is 5.17. The first-order valence-electron chi connectivity index (χ1n) is 6.73. The first-order chi connectivity index (χ1) is 7.79. The van der Waals surface area contributed by atoms with Crippen LogP contribution in [0.1, 0.15) is 51.4 Å². The number of hydrogen-bond acceptors (Lipinski definition) is 0. The Kier molecular flexibility index (Phi) is 3.86. The first kappa shape index (κ1) is 11.9. The quantitative estimate of drug-likeness (QED) is 0.637. The summed E-state index contributed by atoms with van der Waals surface area (Å²) in [5, 5.41) is 5.17. The molecule has 0 aromatic rings. The molecule has 1 heterocycles. The lowest BCUT2D eigenvalue weighted by Gasteiger charge is -2.46. The van der Waals surface area contributed by atoms with Crippen LogP contribution >= 0.6 is 0 Å². The third-order valence-electron chi connectivity index (χ3n) is 4.34. The molecule has 0 spiro atoms. The van der Waals surface area contributed by atoms with E-state index >= 15 is 0 Å². The first-order valence-corrected chi connectivity index (χ1v) is 6.73. The van der Waals surface area contributed by atoms with E-state index < -0.39 is 0 Å². The fourth-order valence-corrected chi connectivity index (χ4v) is 3.50. The van der Waals surface area contributed by atoms with E-state index in [9.17, 15) is 0 Å². The van der Waals surface area contributed by atoms with Crippen molar-refractivity contribution in [1.82, 2.24) is 5.32 Å². The Morgan fingerprint density at radius 2 is 1.75 bits per heavy atom. The number of rotatable bonds is 4. The van der Waals surface area contributed by atoms with Gasteiger partial charge in [0.15, 0.2) is 0 Å². The fourth-order valence-electron chi connectivity index (χ4n) is 3.50. The van der Waals surface area contributed by atoms with Gasteiger partial charge >= 0.3 is 0 Å². The summed E-state index contributed by atoms with van der Waals surface area (Å²) in [4.78, 5) is 0. The van der Waals surface area contributed by atoms with Crippen LogP contribution in [0, 0.1) is 5.92 Å². The van der Waals surface area contributed by atoms with Crippen molar-refractivity contribution < 1.29 is 0 Å². The maximum absolute atomic E-state index is 5.17. The molecule has 1 saturated carbocycles. The van der Waals surface area contributed by atoms with Crippen LogP contribution in [-0.2, 0) is 0 Å². The van der Waals surface area contributed by atoms with Gasteiger partial charge in [-0.2, -0.15) is 0 Å². The van der Waals surface area contributed by atoms with Crippen LogP contribution in [0.3, 0.4) is 0 Å². The highest BCUT2D eigenvalue weighted by atomic mass is 15.0. The molecule has 2 rings (SSSR count). The van der Waals surface area contributed by atoms with Gasteiger partial charge in [-0.05, 0) is 44.4 Å². The summed E-state index contributed by atoms with van der Waals surface area (Å²) in [6.45, 7) is 7.78. The average Bonchev–Trinajstić information content (AvgIpc) is 2.30. The predicted octanol–water partition coefficient (Wildman–Crippen LogP) is 3.83. The lowest BCUT2D eigenvalue weighted by molar-refractivity contribution is 0.111. The smallest absolute Gasteiger partial charge is 0.0428 e. The van der Waals surface area contributed by atoms with E-state index in [-0.39, 0.29) is 5.54 Å². The van der Waals surface area contributed by atoms with Crippen LogP contribution in [0.4, 0.5) is 0 Å². The van der Waals surface area contributed by atoms with Gasteiger partial charge in [0.05, 0.1) is 0 Å². The highest BCUT2D eigenvalue weighted by molar-refractivity contribution is 5.04. The average molecular weight is 218 g/mol. The van der Waals surface area contributed by atoms with E-state index in [4.69, 9.17) is 5.32 Å². The molecule has 89 valence electrons. The van der Waals surface area contributed by atoms with E-state index in [0.717, 1.165) is 18.8 Å². The van der Waals surface area contributed by atoms with E-state index in [1.165, 1.54) is 38.5 Å². The van der Waals surface area contributed by atoms with Crippen molar-refractivity contribution >= 4 is 0 Å². The van der Waals surface area contributed by atoms with Gasteiger partial charge in [0.25, 0.3) is 0 Å². The van der Waals surface area contributed by atoms with Crippen LogP contribution in [0.15, 0.2) is 25.3 Å². The molecular weight excluding hydrogens is 194 g/mol. The van der Waals surface area contributed by atoms with E-state index in [0.29, 0.717) is 6.04 Å². The monoisotopic (exact) mass is 218 g/mol. The molecule has 2 unspecified atom stereocenters. The lowest BCUT2D eigenvalue weighted by Crippen LogP contribution is -2.52. The van der Waals surface area contributed by atoms with Crippen LogP contribution < -0.4 is 5.32 Å². The number of hydrogen-bond donors (Lipinski definition) is 0. The predicted molar refractivity (Wildman–Crippen MR) is 69.5 cm³/mol. The summed E-state index contributed by atoms with van der Waals surface area (Å²) in [7, 11) is 0. The van der Waals surface area contributed by atoms with Gasteiger partial charge in [-0.25, -0.2) is 5.32 Å². The van der Waals surface area contributed by atoms with Crippen molar-refractivity contribution in [2.75, 3.05) is 0 Å². The minimum atomic E-state index is 0.155. The van der Waals surface area contributed by atoms with Gasteiger partial charge in [-0.3, -0.25) is 0 Å². The Bertz CT molecular complexity index is 246. The van der Waals surface area contributed by atoms with Crippen molar-refractivity contribution in [3.05, 3.63) is 25.3 Å². The Morgan fingerprint density at radius 3 is 2.44 bits per heavy atom. The topological polar surface area (TPSA) is 14.1 Å². The molecule has 1 radical (unpaired) electrons. The van der Waals surface area contributed by atoms with Crippen molar-refractivity contribution in [2.45, 2.75) is 62.9 Å². The fraction of sp³-hybridized carbons (Fsp3) is 0.733. The zero-order valence-corrected chi connectivity index (χ0v) is 10.3. The van der Waals surface area contributed by atoms with Crippen molar-refractivity contribution in [1.29, 1.82) is 0 Å². The molecule has 1 aliphatic heterocycles. The molecule has 0 amide bonds. The van der Waals surface area contributed by atoms with Crippen LogP contribution in [0.25, 0.3) is 0 Å². The van der Waals surface area contributed by atoms with Crippen molar-refractivity contribution in [3.63, 3.8) is 0 Å². The molecule has 0 aromatic carbocycles. The second kappa shape index (κ2) is 5.18. The molecule has 0 bridgehead atoms. The van der Waals surface area contributed by atoms with Gasteiger partial charge in [0.2, 0.25) is 0 Å². The Balaban J connectivity index is 2.04. The number of piperidine rings is 1. The summed E-state index contributed by atoms with van der Waals surface area (Å²) >= 11 is 0. The van der Waals surface area contributed by atoms with E-state index in [1.54, 1.807) is 0 Å². The van der Waals surface area contributed by atoms with Gasteiger partial charge in [-0.15, -0.1) is 13.2 Å². The highest BCUT2D eigenvalue weighted by Gasteiger charge is 2.40. The van der Waals surface area contributed by atoms with Gasteiger partial charge < -0.3 is 0 Å². The minimum Gasteiger partial charge on any atom is -0.231 e. The SMILES string of the molecule is C=CCC1(CC=C)CCC2CCCCC2[N]1. The van der Waals surface area contributed by atoms with Crippen LogP contribution in [0.5, 0.6) is 0 Å². The molecule has 1 saturated heterocycles. The summed E-state index contributed by atoms with van der Waals surface area (Å²) < 4.78 is 0. The van der Waals surface area contributed by atoms with Crippen LogP contribution in [-0.4, -0.2) is 11.6 Å². The Morgan fingerprint density at radius 1 is 1.06 bits per heavy atom. The second-order valence-electron chi connectivity index (χ2n) is 5.49. The van der Waals surface area contributed by atoms with E-state index in [2.05, 4.69) is 13.2 Å². The molecule has 2 fully saturated rings. The number of fused-ring (bicyclic) bond motifs is 1. The van der Waals surface area contributed by atoms with Gasteiger partial charge in [0.1, 0.15) is 0 Å². The zero-order valence-electron chi connectivity index (χ0n) is 10.3. The Labute approximate surface area is 100 Å². The molecule has 2 atom stereocenters. The molecule has 1 heteroatoms. The maximum Gasteiger partial charge on any atom is 0.0428 e. The third kappa shape index (κ3) is 2.40. The zero-order chi connectivity index (χ0) is 11.4. The molecule has 16 heavy (non-hydrogen) atoms. The molecule has 1 nitrogen and oxygen atoms in total. The number of nitrogens with zero attached hydrogens (tertiary/aromatic N) is 1. The summed E-state index contributed by atoms with van der Waals surface area (Å²) in [5.41, 5.74) is 0.155. The molecular formula is C15H24N. The Hall–Kier alpha value is -0.560. The summed E-state index contributed by atoms with van der Waals surface area (Å²) in [6, 6.07) is 0.641. The highest BCUT2D eigenvalue weighted by Crippen LogP contribution is 2.40. The third-order valence-corrected chi connectivity index (χ3v) is 4.34. The van der Waals surface area contributed by atoms with Gasteiger partial charge in [-0.1, -0.05) is 25.0 Å². The standard InChI is InChI=1S/C15H24N/c1-3-10-15(11-4-2)12-9-13-7-5-6-8-14(13)16-15/h3-4,13-14H,1-2,5-12H2. The summed E-state index contributed by atoms with van der Waals surface area (Å²) in [5.74, 6) is 0.886. The minimum absolute atomic E-state index is 0.155. The van der Waals surface area contributed by atoms with E-state index in [1.807, 2.05) is 12.2 Å². The van der Waals surface area contributed by atoms with Gasteiger partial charge in [0, 0.05) is 11.6 Å². The molecule has 2 aliphatic rings. The summed E-state index contributed by atoms with van der Waals surface area (Å²) in [6.07, 6.45) is 14.3. The van der Waals surface area contributed by atoms with Crippen molar-refractivity contribution in [3.8, 4) is 0 Å². The van der Waals surface area contributed by atoms with Crippen molar-refractivity contribution in [2.24, 2.45) is 5.92 Å².